The Morgan fingerprint density at radius 2 is 1.87 bits per heavy atom. The van der Waals surface area contributed by atoms with Crippen LogP contribution >= 0.6 is 0 Å². The molecule has 0 amide bonds. The van der Waals surface area contributed by atoms with Gasteiger partial charge < -0.3 is 14.4 Å². The lowest BCUT2D eigenvalue weighted by Crippen LogP contribution is -2.25. The molecule has 23 heavy (non-hydrogen) atoms. The van der Waals surface area contributed by atoms with Crippen LogP contribution in [0, 0.1) is 5.82 Å². The molecular formula is C19H20FNO2. The Bertz CT molecular complexity index is 731. The van der Waals surface area contributed by atoms with Gasteiger partial charge in [0.2, 0.25) is 0 Å². The molecule has 0 saturated carbocycles. The Kier molecular flexibility index (Phi) is 3.58. The predicted molar refractivity (Wildman–Crippen MR) is 86.4 cm³/mol. The van der Waals surface area contributed by atoms with Crippen LogP contribution in [0.25, 0.3) is 0 Å². The smallest absolute Gasteiger partial charge is 0.133 e. The average molecular weight is 313 g/mol. The van der Waals surface area contributed by atoms with Crippen molar-refractivity contribution in [2.75, 3.05) is 20.6 Å². The highest BCUT2D eigenvalue weighted by Gasteiger charge is 2.41. The highest BCUT2D eigenvalue weighted by atomic mass is 19.1. The zero-order chi connectivity index (χ0) is 16.0. The van der Waals surface area contributed by atoms with Crippen LogP contribution < -0.4 is 4.74 Å². The fourth-order valence-corrected chi connectivity index (χ4v) is 3.70. The van der Waals surface area contributed by atoms with Crippen molar-refractivity contribution in [3.8, 4) is 11.5 Å². The molecule has 3 atom stereocenters. The van der Waals surface area contributed by atoms with Gasteiger partial charge in [0.05, 0.1) is 12.2 Å². The van der Waals surface area contributed by atoms with Gasteiger partial charge >= 0.3 is 0 Å². The summed E-state index contributed by atoms with van der Waals surface area (Å²) >= 11 is 0. The van der Waals surface area contributed by atoms with Gasteiger partial charge in [-0.3, -0.25) is 0 Å². The number of nitrogens with zero attached hydrogens (tertiary/aromatic N) is 1. The number of rotatable bonds is 2. The molecule has 0 bridgehead atoms. The molecule has 2 aliphatic heterocycles. The molecule has 1 fully saturated rings. The van der Waals surface area contributed by atoms with Crippen LogP contribution in [-0.2, 0) is 4.74 Å². The molecule has 1 saturated heterocycles. The molecule has 2 aromatic carbocycles. The van der Waals surface area contributed by atoms with Crippen molar-refractivity contribution in [3.63, 3.8) is 0 Å². The quantitative estimate of drug-likeness (QED) is 0.833. The van der Waals surface area contributed by atoms with Gasteiger partial charge in [-0.05, 0) is 44.8 Å². The minimum Gasteiger partial charge on any atom is -0.457 e. The number of halogens is 1. The summed E-state index contributed by atoms with van der Waals surface area (Å²) in [5.74, 6) is 1.48. The average Bonchev–Trinajstić information content (AvgIpc) is 2.87. The van der Waals surface area contributed by atoms with E-state index in [2.05, 4.69) is 11.0 Å². The number of ether oxygens (including phenoxy) is 2. The number of benzene rings is 2. The molecule has 0 aliphatic carbocycles. The third-order valence-electron chi connectivity index (χ3n) is 4.61. The lowest BCUT2D eigenvalue weighted by atomic mass is 9.87. The van der Waals surface area contributed by atoms with Crippen molar-refractivity contribution < 1.29 is 13.9 Å². The van der Waals surface area contributed by atoms with Crippen LogP contribution in [0.2, 0.25) is 0 Å². The maximum atomic E-state index is 13.8. The number of hydrogen-bond acceptors (Lipinski definition) is 3. The Morgan fingerprint density at radius 1 is 1.09 bits per heavy atom. The molecule has 3 nitrogen and oxygen atoms in total. The van der Waals surface area contributed by atoms with Crippen molar-refractivity contribution in [1.82, 2.24) is 4.90 Å². The first-order valence-corrected chi connectivity index (χ1v) is 7.98. The lowest BCUT2D eigenvalue weighted by molar-refractivity contribution is 0.0270. The van der Waals surface area contributed by atoms with Crippen LogP contribution in [0.5, 0.6) is 11.5 Å². The van der Waals surface area contributed by atoms with E-state index in [1.165, 1.54) is 6.07 Å². The third kappa shape index (κ3) is 2.62. The Balaban J connectivity index is 1.80. The van der Waals surface area contributed by atoms with Gasteiger partial charge in [0.25, 0.3) is 0 Å². The number of likely N-dealkylation sites (N-methyl/N-ethyl adjacent to an activating group) is 1. The minimum atomic E-state index is -0.253. The van der Waals surface area contributed by atoms with Gasteiger partial charge in [0.1, 0.15) is 17.3 Å². The fraction of sp³-hybridized carbons (Fsp3) is 0.368. The maximum absolute atomic E-state index is 13.8. The molecular weight excluding hydrogens is 293 g/mol. The molecule has 2 heterocycles. The van der Waals surface area contributed by atoms with Crippen LogP contribution in [0.4, 0.5) is 4.39 Å². The molecule has 2 aromatic rings. The molecule has 4 rings (SSSR count). The minimum absolute atomic E-state index is 0.141. The summed E-state index contributed by atoms with van der Waals surface area (Å²) in [5, 5.41) is 0. The van der Waals surface area contributed by atoms with Gasteiger partial charge in [0.15, 0.2) is 0 Å². The molecule has 0 aromatic heterocycles. The summed E-state index contributed by atoms with van der Waals surface area (Å²) in [4.78, 5) is 2.13. The summed E-state index contributed by atoms with van der Waals surface area (Å²) in [6.07, 6.45) is 0.899. The molecule has 120 valence electrons. The Hall–Kier alpha value is -1.91. The van der Waals surface area contributed by atoms with Crippen molar-refractivity contribution in [2.24, 2.45) is 0 Å². The zero-order valence-corrected chi connectivity index (χ0v) is 13.3. The zero-order valence-electron chi connectivity index (χ0n) is 13.3. The first-order valence-electron chi connectivity index (χ1n) is 7.98. The SMILES string of the molecule is CN(C)CC1C[C@H]2c3ccccc3Oc3ccc(F)cc3[C@H]2O1. The summed E-state index contributed by atoms with van der Waals surface area (Å²) in [6.45, 7) is 0.862. The first-order chi connectivity index (χ1) is 11.1. The number of hydrogen-bond donors (Lipinski definition) is 0. The second kappa shape index (κ2) is 5.62. The third-order valence-corrected chi connectivity index (χ3v) is 4.61. The van der Waals surface area contributed by atoms with Gasteiger partial charge in [0, 0.05) is 23.6 Å². The molecule has 4 heteroatoms. The van der Waals surface area contributed by atoms with E-state index in [1.807, 2.05) is 32.3 Å². The molecule has 1 unspecified atom stereocenters. The Labute approximate surface area is 135 Å². The summed E-state index contributed by atoms with van der Waals surface area (Å²) in [5.41, 5.74) is 1.96. The molecule has 0 N–H and O–H groups in total. The standard InChI is InChI=1S/C19H20FNO2/c1-21(2)11-13-10-15-14-5-3-4-6-17(14)23-18-8-7-12(20)9-16(18)19(15)22-13/h3-9,13,15,19H,10-11H2,1-2H3/t13?,15-,19-/m0/s1. The van der Waals surface area contributed by atoms with E-state index in [-0.39, 0.29) is 23.9 Å². The van der Waals surface area contributed by atoms with E-state index in [1.54, 1.807) is 12.1 Å². The fourth-order valence-electron chi connectivity index (χ4n) is 3.70. The molecule has 0 radical (unpaired) electrons. The van der Waals surface area contributed by atoms with Crippen LogP contribution in [-0.4, -0.2) is 31.6 Å². The van der Waals surface area contributed by atoms with Gasteiger partial charge in [-0.25, -0.2) is 4.39 Å². The largest absolute Gasteiger partial charge is 0.457 e. The van der Waals surface area contributed by atoms with Gasteiger partial charge in [-0.15, -0.1) is 0 Å². The highest BCUT2D eigenvalue weighted by molar-refractivity contribution is 5.49. The number of para-hydroxylation sites is 1. The second-order valence-electron chi connectivity index (χ2n) is 6.61. The van der Waals surface area contributed by atoms with Crippen molar-refractivity contribution in [3.05, 3.63) is 59.4 Å². The van der Waals surface area contributed by atoms with E-state index in [0.717, 1.165) is 29.8 Å². The van der Waals surface area contributed by atoms with Gasteiger partial charge in [-0.1, -0.05) is 18.2 Å². The summed E-state index contributed by atoms with van der Waals surface area (Å²) < 4.78 is 26.2. The maximum Gasteiger partial charge on any atom is 0.133 e. The highest BCUT2D eigenvalue weighted by Crippen LogP contribution is 2.52. The second-order valence-corrected chi connectivity index (χ2v) is 6.61. The topological polar surface area (TPSA) is 21.7 Å². The van der Waals surface area contributed by atoms with Crippen molar-refractivity contribution in [2.45, 2.75) is 24.5 Å². The van der Waals surface area contributed by atoms with Gasteiger partial charge in [-0.2, -0.15) is 0 Å². The molecule has 0 spiro atoms. The normalized spacial score (nSPS) is 25.3. The van der Waals surface area contributed by atoms with Crippen LogP contribution in [0.15, 0.2) is 42.5 Å². The van der Waals surface area contributed by atoms with E-state index in [0.29, 0.717) is 5.75 Å². The van der Waals surface area contributed by atoms with Crippen molar-refractivity contribution in [1.29, 1.82) is 0 Å². The summed E-state index contributed by atoms with van der Waals surface area (Å²) in [7, 11) is 4.09. The van der Waals surface area contributed by atoms with E-state index < -0.39 is 0 Å². The van der Waals surface area contributed by atoms with Crippen molar-refractivity contribution >= 4 is 0 Å². The van der Waals surface area contributed by atoms with E-state index >= 15 is 0 Å². The van der Waals surface area contributed by atoms with E-state index in [4.69, 9.17) is 9.47 Å². The Morgan fingerprint density at radius 3 is 2.70 bits per heavy atom. The molecule has 2 aliphatic rings. The monoisotopic (exact) mass is 313 g/mol. The predicted octanol–water partition coefficient (Wildman–Crippen LogP) is 4.11. The van der Waals surface area contributed by atoms with Crippen LogP contribution in [0.3, 0.4) is 0 Å². The van der Waals surface area contributed by atoms with E-state index in [9.17, 15) is 4.39 Å². The first kappa shape index (κ1) is 14.7. The van der Waals surface area contributed by atoms with Crippen LogP contribution in [0.1, 0.15) is 29.6 Å². The summed E-state index contributed by atoms with van der Waals surface area (Å²) in [6, 6.07) is 12.8. The lowest BCUT2D eigenvalue weighted by Gasteiger charge is -2.19. The number of fused-ring (bicyclic) bond motifs is 5.